The molecule has 8 heteroatoms. The molecule has 3 N–H and O–H groups in total. The summed E-state index contributed by atoms with van der Waals surface area (Å²) in [6.07, 6.45) is 0. The Kier molecular flexibility index (Phi) is 6.23. The van der Waals surface area contributed by atoms with Gasteiger partial charge in [0.05, 0.1) is 44.8 Å². The van der Waals surface area contributed by atoms with Gasteiger partial charge in [0.1, 0.15) is 5.82 Å². The molecule has 0 aliphatic rings. The molecule has 156 valence electrons. The summed E-state index contributed by atoms with van der Waals surface area (Å²) < 4.78 is 14.4. The van der Waals surface area contributed by atoms with Gasteiger partial charge in [0.2, 0.25) is 0 Å². The van der Waals surface area contributed by atoms with E-state index in [-0.39, 0.29) is 27.5 Å². The molecule has 0 aromatic heterocycles. The van der Waals surface area contributed by atoms with E-state index < -0.39 is 17.7 Å². The van der Waals surface area contributed by atoms with Gasteiger partial charge in [-0.05, 0) is 61.4 Å². The third kappa shape index (κ3) is 4.49. The first kappa shape index (κ1) is 21.8. The summed E-state index contributed by atoms with van der Waals surface area (Å²) in [5.74, 6) is -2.50. The predicted octanol–water partition coefficient (Wildman–Crippen LogP) is 5.66. The van der Waals surface area contributed by atoms with Gasteiger partial charge < -0.3 is 15.7 Å². The Bertz CT molecular complexity index is 1230. The van der Waals surface area contributed by atoms with Crippen LogP contribution in [0.4, 0.5) is 21.5 Å². The van der Waals surface area contributed by atoms with Crippen molar-refractivity contribution in [2.24, 2.45) is 0 Å². The summed E-state index contributed by atoms with van der Waals surface area (Å²) in [6, 6.07) is 13.6. The van der Waals surface area contributed by atoms with Crippen molar-refractivity contribution in [1.29, 1.82) is 5.26 Å². The second kappa shape index (κ2) is 8.86. The van der Waals surface area contributed by atoms with E-state index in [2.05, 4.69) is 10.6 Å². The van der Waals surface area contributed by atoms with Crippen molar-refractivity contribution in [1.82, 2.24) is 0 Å². The third-order valence-corrected chi connectivity index (χ3v) is 5.07. The van der Waals surface area contributed by atoms with Crippen LogP contribution in [0.1, 0.15) is 37.4 Å². The van der Waals surface area contributed by atoms with E-state index in [0.717, 1.165) is 6.07 Å². The average Bonchev–Trinajstić information content (AvgIpc) is 2.71. The normalized spacial score (nSPS) is 10.3. The Hall–Kier alpha value is -3.89. The number of carboxylic acids is 1. The molecule has 31 heavy (non-hydrogen) atoms. The number of nitriles is 1. The van der Waals surface area contributed by atoms with Crippen LogP contribution in [0.15, 0.2) is 48.5 Å². The van der Waals surface area contributed by atoms with Crippen LogP contribution in [0.5, 0.6) is 0 Å². The fourth-order valence-electron chi connectivity index (χ4n) is 3.09. The quantitative estimate of drug-likeness (QED) is 0.477. The summed E-state index contributed by atoms with van der Waals surface area (Å²) in [5.41, 5.74) is 2.20. The Morgan fingerprint density at radius 1 is 1.10 bits per heavy atom. The number of hydrogen-bond donors (Lipinski definition) is 3. The number of carbonyl (C=O) groups excluding carboxylic acids is 1. The lowest BCUT2D eigenvalue weighted by Crippen LogP contribution is -2.16. The highest BCUT2D eigenvalue weighted by molar-refractivity contribution is 6.34. The van der Waals surface area contributed by atoms with E-state index in [9.17, 15) is 19.2 Å². The largest absolute Gasteiger partial charge is 0.478 e. The Balaban J connectivity index is 2.03. The first-order chi connectivity index (χ1) is 14.7. The van der Waals surface area contributed by atoms with Crippen molar-refractivity contribution in [3.63, 3.8) is 0 Å². The molecule has 0 aliphatic heterocycles. The van der Waals surface area contributed by atoms with Gasteiger partial charge in [-0.2, -0.15) is 5.26 Å². The lowest BCUT2D eigenvalue weighted by Gasteiger charge is -2.18. The highest BCUT2D eigenvalue weighted by Gasteiger charge is 2.19. The summed E-state index contributed by atoms with van der Waals surface area (Å²) in [6.45, 7) is 3.40. The number of amides is 1. The molecule has 3 aromatic carbocycles. The van der Waals surface area contributed by atoms with Gasteiger partial charge in [0.25, 0.3) is 5.91 Å². The van der Waals surface area contributed by atoms with Crippen LogP contribution in [0, 0.1) is 31.0 Å². The molecule has 0 spiro atoms. The van der Waals surface area contributed by atoms with Crippen LogP contribution in [0.3, 0.4) is 0 Å². The highest BCUT2D eigenvalue weighted by atomic mass is 35.5. The van der Waals surface area contributed by atoms with Gasteiger partial charge in [0, 0.05) is 0 Å². The van der Waals surface area contributed by atoms with Crippen LogP contribution in [0.2, 0.25) is 5.02 Å². The zero-order valence-electron chi connectivity index (χ0n) is 16.6. The molecule has 0 aliphatic carbocycles. The molecule has 3 rings (SSSR count). The number of carboxylic acid groups (broad SMARTS) is 1. The van der Waals surface area contributed by atoms with Crippen molar-refractivity contribution >= 4 is 40.5 Å². The number of benzene rings is 3. The first-order valence-electron chi connectivity index (χ1n) is 9.13. The Labute approximate surface area is 182 Å². The van der Waals surface area contributed by atoms with Gasteiger partial charge >= 0.3 is 5.97 Å². The molecule has 1 amide bonds. The average molecular weight is 438 g/mol. The molecule has 3 aromatic rings. The zero-order chi connectivity index (χ0) is 22.7. The number of aromatic carboxylic acids is 1. The molecular formula is C23H17ClFN3O3. The lowest BCUT2D eigenvalue weighted by atomic mass is 10.0. The maximum absolute atomic E-state index is 14.4. The third-order valence-electron chi connectivity index (χ3n) is 4.76. The number of halogens is 2. The predicted molar refractivity (Wildman–Crippen MR) is 117 cm³/mol. The number of nitrogens with one attached hydrogen (secondary N) is 2. The van der Waals surface area contributed by atoms with Crippen molar-refractivity contribution in [3.8, 4) is 6.07 Å². The van der Waals surface area contributed by atoms with E-state index in [1.165, 1.54) is 24.3 Å². The molecule has 0 radical (unpaired) electrons. The van der Waals surface area contributed by atoms with E-state index in [1.54, 1.807) is 32.0 Å². The minimum Gasteiger partial charge on any atom is -0.478 e. The maximum atomic E-state index is 14.4. The molecule has 0 unspecified atom stereocenters. The second-order valence-corrected chi connectivity index (χ2v) is 7.19. The molecule has 0 saturated carbocycles. The Morgan fingerprint density at radius 2 is 1.81 bits per heavy atom. The van der Waals surface area contributed by atoms with Crippen molar-refractivity contribution in [3.05, 3.63) is 87.2 Å². The van der Waals surface area contributed by atoms with Crippen molar-refractivity contribution in [2.75, 3.05) is 10.6 Å². The molecule has 0 atom stereocenters. The van der Waals surface area contributed by atoms with Crippen LogP contribution >= 0.6 is 11.6 Å². The summed E-state index contributed by atoms with van der Waals surface area (Å²) in [5, 5.41) is 24.3. The van der Waals surface area contributed by atoms with Gasteiger partial charge in [-0.3, -0.25) is 4.79 Å². The van der Waals surface area contributed by atoms with Gasteiger partial charge in [-0.1, -0.05) is 23.7 Å². The smallest absolute Gasteiger partial charge is 0.335 e. The van der Waals surface area contributed by atoms with Crippen LogP contribution in [-0.2, 0) is 0 Å². The number of carbonyl (C=O) groups is 2. The number of hydrogen-bond acceptors (Lipinski definition) is 4. The van der Waals surface area contributed by atoms with Crippen LogP contribution < -0.4 is 10.6 Å². The zero-order valence-corrected chi connectivity index (χ0v) is 17.3. The van der Waals surface area contributed by atoms with Crippen LogP contribution in [-0.4, -0.2) is 17.0 Å². The molecule has 0 heterocycles. The van der Waals surface area contributed by atoms with Crippen molar-refractivity contribution in [2.45, 2.75) is 13.8 Å². The summed E-state index contributed by atoms with van der Waals surface area (Å²) in [4.78, 5) is 24.0. The fraction of sp³-hybridized carbons (Fsp3) is 0.0870. The molecule has 0 bridgehead atoms. The van der Waals surface area contributed by atoms with E-state index in [4.69, 9.17) is 16.7 Å². The minimum atomic E-state index is -1.25. The second-order valence-electron chi connectivity index (χ2n) is 6.78. The van der Waals surface area contributed by atoms with Crippen molar-refractivity contribution < 1.29 is 19.1 Å². The summed E-state index contributed by atoms with van der Waals surface area (Å²) in [7, 11) is 0. The SMILES string of the molecule is Cc1cccc(Cl)c1C(=O)Nc1c(Nc2ccc(C(=O)O)cc2F)ccc(C#N)c1C. The summed E-state index contributed by atoms with van der Waals surface area (Å²) >= 11 is 6.19. The first-order valence-corrected chi connectivity index (χ1v) is 9.50. The van der Waals surface area contributed by atoms with Gasteiger partial charge in [0.15, 0.2) is 0 Å². The fourth-order valence-corrected chi connectivity index (χ4v) is 3.40. The molecule has 0 saturated heterocycles. The molecular weight excluding hydrogens is 421 g/mol. The standard InChI is InChI=1S/C23H17ClFN3O3/c1-12-4-3-5-16(24)20(12)22(29)28-21-13(2)15(11-26)7-9-19(21)27-18-8-6-14(23(30)31)10-17(18)25/h3-10,27H,1-2H3,(H,28,29)(H,30,31). The van der Waals surface area contributed by atoms with E-state index in [1.807, 2.05) is 6.07 Å². The van der Waals surface area contributed by atoms with Crippen LogP contribution in [0.25, 0.3) is 0 Å². The highest BCUT2D eigenvalue weighted by Crippen LogP contribution is 2.33. The lowest BCUT2D eigenvalue weighted by molar-refractivity contribution is 0.0696. The minimum absolute atomic E-state index is 0.0125. The van der Waals surface area contributed by atoms with Gasteiger partial charge in [-0.15, -0.1) is 0 Å². The molecule has 0 fully saturated rings. The number of aryl methyl sites for hydroxylation is 1. The molecule has 6 nitrogen and oxygen atoms in total. The van der Waals surface area contributed by atoms with E-state index >= 15 is 0 Å². The maximum Gasteiger partial charge on any atom is 0.335 e. The monoisotopic (exact) mass is 437 g/mol. The van der Waals surface area contributed by atoms with E-state index in [0.29, 0.717) is 22.4 Å². The Morgan fingerprint density at radius 3 is 2.42 bits per heavy atom. The number of anilines is 3. The topological polar surface area (TPSA) is 102 Å². The number of nitrogens with zero attached hydrogens (tertiary/aromatic N) is 1. The number of rotatable bonds is 5. The van der Waals surface area contributed by atoms with Gasteiger partial charge in [-0.25, -0.2) is 9.18 Å².